The highest BCUT2D eigenvalue weighted by Gasteiger charge is 2.11. The van der Waals surface area contributed by atoms with Crippen molar-refractivity contribution in [2.75, 3.05) is 20.3 Å². The van der Waals surface area contributed by atoms with Gasteiger partial charge in [-0.15, -0.1) is 0 Å². The van der Waals surface area contributed by atoms with E-state index in [0.29, 0.717) is 12.6 Å². The Morgan fingerprint density at radius 2 is 2.28 bits per heavy atom. The molecular weight excluding hydrogens is 226 g/mol. The zero-order chi connectivity index (χ0) is 12.6. The van der Waals surface area contributed by atoms with Crippen LogP contribution in [0, 0.1) is 0 Å². The molecule has 1 atom stereocenters. The number of benzene rings is 1. The molecule has 0 unspecified atom stereocenters. The standard InChI is InChI=1S/C15H23NO2/c1-17-15-7-4-5-13(11-15)12-18-10-8-14-6-2-3-9-16-14/h4-5,7,11,14,16H,2-3,6,8-10,12H2,1H3/t14-/m0/s1. The molecule has 0 aliphatic carbocycles. The first-order chi connectivity index (χ1) is 8.88. The molecule has 2 rings (SSSR count). The van der Waals surface area contributed by atoms with Crippen LogP contribution in [0.2, 0.25) is 0 Å². The van der Waals surface area contributed by atoms with Gasteiger partial charge in [-0.3, -0.25) is 0 Å². The minimum atomic E-state index is 0.657. The summed E-state index contributed by atoms with van der Waals surface area (Å²) in [4.78, 5) is 0. The summed E-state index contributed by atoms with van der Waals surface area (Å²) in [6.45, 7) is 2.67. The van der Waals surface area contributed by atoms with Crippen LogP contribution in [0.15, 0.2) is 24.3 Å². The van der Waals surface area contributed by atoms with Crippen molar-refractivity contribution in [2.24, 2.45) is 0 Å². The highest BCUT2D eigenvalue weighted by molar-refractivity contribution is 5.27. The van der Waals surface area contributed by atoms with Crippen molar-refractivity contribution in [2.45, 2.75) is 38.3 Å². The van der Waals surface area contributed by atoms with E-state index in [2.05, 4.69) is 11.4 Å². The van der Waals surface area contributed by atoms with Gasteiger partial charge in [-0.05, 0) is 43.5 Å². The molecule has 0 radical (unpaired) electrons. The Balaban J connectivity index is 1.65. The second kappa shape index (κ2) is 7.39. The zero-order valence-electron chi connectivity index (χ0n) is 11.2. The van der Waals surface area contributed by atoms with E-state index >= 15 is 0 Å². The van der Waals surface area contributed by atoms with E-state index in [1.807, 2.05) is 18.2 Å². The largest absolute Gasteiger partial charge is 0.497 e. The monoisotopic (exact) mass is 249 g/mol. The maximum absolute atomic E-state index is 5.73. The third-order valence-corrected chi connectivity index (χ3v) is 3.43. The summed E-state index contributed by atoms with van der Waals surface area (Å²) < 4.78 is 10.9. The van der Waals surface area contributed by atoms with Crippen molar-refractivity contribution in [3.05, 3.63) is 29.8 Å². The van der Waals surface area contributed by atoms with Gasteiger partial charge in [-0.1, -0.05) is 18.6 Å². The topological polar surface area (TPSA) is 30.5 Å². The fraction of sp³-hybridized carbons (Fsp3) is 0.600. The zero-order valence-corrected chi connectivity index (χ0v) is 11.2. The van der Waals surface area contributed by atoms with Gasteiger partial charge >= 0.3 is 0 Å². The molecule has 0 bridgehead atoms. The normalized spacial score (nSPS) is 19.7. The van der Waals surface area contributed by atoms with Crippen LogP contribution in [0.1, 0.15) is 31.2 Å². The van der Waals surface area contributed by atoms with Crippen LogP contribution < -0.4 is 10.1 Å². The number of hydrogen-bond donors (Lipinski definition) is 1. The van der Waals surface area contributed by atoms with Gasteiger partial charge in [0.2, 0.25) is 0 Å². The molecule has 1 N–H and O–H groups in total. The van der Waals surface area contributed by atoms with Gasteiger partial charge in [-0.25, -0.2) is 0 Å². The molecule has 1 heterocycles. The Kier molecular flexibility index (Phi) is 5.49. The van der Waals surface area contributed by atoms with Crippen molar-refractivity contribution in [3.63, 3.8) is 0 Å². The molecule has 0 spiro atoms. The van der Waals surface area contributed by atoms with E-state index in [1.165, 1.54) is 31.4 Å². The first kappa shape index (κ1) is 13.4. The van der Waals surface area contributed by atoms with E-state index in [1.54, 1.807) is 7.11 Å². The van der Waals surface area contributed by atoms with Gasteiger partial charge < -0.3 is 14.8 Å². The maximum Gasteiger partial charge on any atom is 0.119 e. The molecule has 1 aromatic rings. The van der Waals surface area contributed by atoms with Gasteiger partial charge in [0.25, 0.3) is 0 Å². The van der Waals surface area contributed by atoms with Gasteiger partial charge in [0.05, 0.1) is 13.7 Å². The molecule has 1 aliphatic rings. The highest BCUT2D eigenvalue weighted by atomic mass is 16.5. The second-order valence-electron chi connectivity index (χ2n) is 4.84. The quantitative estimate of drug-likeness (QED) is 0.786. The Morgan fingerprint density at radius 3 is 3.06 bits per heavy atom. The minimum absolute atomic E-state index is 0.657. The van der Waals surface area contributed by atoms with E-state index in [4.69, 9.17) is 9.47 Å². The molecule has 1 aliphatic heterocycles. The molecule has 0 saturated carbocycles. The van der Waals surface area contributed by atoms with Crippen molar-refractivity contribution >= 4 is 0 Å². The average molecular weight is 249 g/mol. The summed E-state index contributed by atoms with van der Waals surface area (Å²) in [6, 6.07) is 8.71. The molecule has 3 heteroatoms. The fourth-order valence-electron chi connectivity index (χ4n) is 2.35. The predicted octanol–water partition coefficient (Wildman–Crippen LogP) is 2.74. The lowest BCUT2D eigenvalue weighted by molar-refractivity contribution is 0.108. The lowest BCUT2D eigenvalue weighted by Gasteiger charge is -2.23. The molecular formula is C15H23NO2. The molecule has 100 valence electrons. The first-order valence-corrected chi connectivity index (χ1v) is 6.82. The third-order valence-electron chi connectivity index (χ3n) is 3.43. The van der Waals surface area contributed by atoms with Gasteiger partial charge in [0, 0.05) is 12.6 Å². The first-order valence-electron chi connectivity index (χ1n) is 6.82. The summed E-state index contributed by atoms with van der Waals surface area (Å²) in [7, 11) is 1.69. The summed E-state index contributed by atoms with van der Waals surface area (Å²) in [5, 5.41) is 3.54. The number of rotatable bonds is 6. The van der Waals surface area contributed by atoms with E-state index in [9.17, 15) is 0 Å². The van der Waals surface area contributed by atoms with Crippen LogP contribution in [0.3, 0.4) is 0 Å². The molecule has 0 aromatic heterocycles. The third kappa shape index (κ3) is 4.31. The fourth-order valence-corrected chi connectivity index (χ4v) is 2.35. The van der Waals surface area contributed by atoms with Gasteiger partial charge in [0.15, 0.2) is 0 Å². The Bertz CT molecular complexity index is 348. The van der Waals surface area contributed by atoms with Crippen LogP contribution in [0.5, 0.6) is 5.75 Å². The number of hydrogen-bond acceptors (Lipinski definition) is 3. The van der Waals surface area contributed by atoms with E-state index < -0.39 is 0 Å². The van der Waals surface area contributed by atoms with Gasteiger partial charge in [-0.2, -0.15) is 0 Å². The average Bonchev–Trinajstić information content (AvgIpc) is 2.45. The van der Waals surface area contributed by atoms with Gasteiger partial charge in [0.1, 0.15) is 5.75 Å². The maximum atomic E-state index is 5.73. The van der Waals surface area contributed by atoms with Crippen molar-refractivity contribution in [1.29, 1.82) is 0 Å². The Labute approximate surface area is 109 Å². The lowest BCUT2D eigenvalue weighted by Crippen LogP contribution is -2.34. The molecule has 1 aromatic carbocycles. The molecule has 1 saturated heterocycles. The summed E-state index contributed by atoms with van der Waals surface area (Å²) >= 11 is 0. The Morgan fingerprint density at radius 1 is 1.33 bits per heavy atom. The summed E-state index contributed by atoms with van der Waals surface area (Å²) in [6.07, 6.45) is 5.08. The van der Waals surface area contributed by atoms with Crippen molar-refractivity contribution in [3.8, 4) is 5.75 Å². The molecule has 3 nitrogen and oxygen atoms in total. The van der Waals surface area contributed by atoms with Crippen molar-refractivity contribution in [1.82, 2.24) is 5.32 Å². The molecule has 0 amide bonds. The van der Waals surface area contributed by atoms with Crippen LogP contribution in [-0.4, -0.2) is 26.3 Å². The number of nitrogens with one attached hydrogen (secondary N) is 1. The molecule has 18 heavy (non-hydrogen) atoms. The summed E-state index contributed by atoms with van der Waals surface area (Å²) in [5.74, 6) is 0.894. The van der Waals surface area contributed by atoms with Crippen LogP contribution in [0.4, 0.5) is 0 Å². The molecule has 1 fully saturated rings. The Hall–Kier alpha value is -1.06. The predicted molar refractivity (Wildman–Crippen MR) is 72.9 cm³/mol. The number of piperidine rings is 1. The summed E-state index contributed by atoms with van der Waals surface area (Å²) in [5.41, 5.74) is 1.17. The smallest absolute Gasteiger partial charge is 0.119 e. The second-order valence-corrected chi connectivity index (χ2v) is 4.84. The van der Waals surface area contributed by atoms with E-state index in [-0.39, 0.29) is 0 Å². The highest BCUT2D eigenvalue weighted by Crippen LogP contribution is 2.14. The number of methoxy groups -OCH3 is 1. The number of ether oxygens (including phenoxy) is 2. The van der Waals surface area contributed by atoms with Crippen LogP contribution in [-0.2, 0) is 11.3 Å². The van der Waals surface area contributed by atoms with Crippen molar-refractivity contribution < 1.29 is 9.47 Å². The SMILES string of the molecule is COc1cccc(COCC[C@@H]2CCCCN2)c1. The lowest BCUT2D eigenvalue weighted by atomic mass is 10.0. The van der Waals surface area contributed by atoms with E-state index in [0.717, 1.165) is 18.8 Å². The minimum Gasteiger partial charge on any atom is -0.497 e. The van der Waals surface area contributed by atoms with Crippen LogP contribution in [0.25, 0.3) is 0 Å². The van der Waals surface area contributed by atoms with Crippen LogP contribution >= 0.6 is 0 Å².